The molecule has 2 rings (SSSR count). The molecule has 144 valence electrons. The number of para-hydroxylation sites is 1. The van der Waals surface area contributed by atoms with Crippen LogP contribution in [0.3, 0.4) is 0 Å². The average Bonchev–Trinajstić information content (AvgIpc) is 2.65. The Morgan fingerprint density at radius 1 is 1.33 bits per heavy atom. The highest BCUT2D eigenvalue weighted by Gasteiger charge is 2.07. The second-order valence-corrected chi connectivity index (χ2v) is 6.45. The minimum Gasteiger partial charge on any atom is -0.493 e. The van der Waals surface area contributed by atoms with Crippen LogP contribution in [0.2, 0.25) is 0 Å². The molecule has 1 heterocycles. The van der Waals surface area contributed by atoms with E-state index in [4.69, 9.17) is 4.74 Å². The van der Waals surface area contributed by atoms with Gasteiger partial charge in [0.05, 0.1) is 18.6 Å². The van der Waals surface area contributed by atoms with E-state index in [-0.39, 0.29) is 10.8 Å². The van der Waals surface area contributed by atoms with Crippen LogP contribution >= 0.6 is 11.8 Å². The topological polar surface area (TPSA) is 129 Å². The smallest absolute Gasteiger partial charge is 0.342 e. The number of ether oxygens (including phenoxy) is 1. The Labute approximate surface area is 159 Å². The first-order valence-electron chi connectivity index (χ1n) is 8.45. The van der Waals surface area contributed by atoms with E-state index in [2.05, 4.69) is 27.6 Å². The van der Waals surface area contributed by atoms with Crippen molar-refractivity contribution in [1.29, 1.82) is 0 Å². The van der Waals surface area contributed by atoms with Gasteiger partial charge in [0, 0.05) is 5.56 Å². The molecule has 0 atom stereocenters. The van der Waals surface area contributed by atoms with Crippen LogP contribution in [0.1, 0.15) is 31.7 Å². The molecule has 0 aliphatic heterocycles. The first-order valence-corrected chi connectivity index (χ1v) is 9.44. The summed E-state index contributed by atoms with van der Waals surface area (Å²) < 4.78 is 5.74. The van der Waals surface area contributed by atoms with Crippen molar-refractivity contribution in [1.82, 2.24) is 20.6 Å². The standard InChI is InChI=1S/C17H21N5O4S/c1-2-3-6-9-26-13-8-5-4-7-12(13)10-18-20-14(23)11-27-16-15(24)19-17(25)22-21-16/h4-5,7-8,10H,2-3,6,9,11H2,1H3,(H,20,23)(H2,19,22,24,25)/b18-10+. The third-order valence-electron chi connectivity index (χ3n) is 3.34. The Hall–Kier alpha value is -2.88. The maximum Gasteiger partial charge on any atom is 0.342 e. The number of hydrogen-bond donors (Lipinski definition) is 3. The van der Waals surface area contributed by atoms with E-state index in [1.807, 2.05) is 29.2 Å². The van der Waals surface area contributed by atoms with Gasteiger partial charge >= 0.3 is 5.69 Å². The molecule has 0 unspecified atom stereocenters. The highest BCUT2D eigenvalue weighted by molar-refractivity contribution is 7.99. The number of nitrogens with zero attached hydrogens (tertiary/aromatic N) is 2. The number of rotatable bonds is 10. The highest BCUT2D eigenvalue weighted by Crippen LogP contribution is 2.16. The van der Waals surface area contributed by atoms with Crippen LogP contribution in [0, 0.1) is 0 Å². The number of unbranched alkanes of at least 4 members (excludes halogenated alkanes) is 2. The summed E-state index contributed by atoms with van der Waals surface area (Å²) in [6, 6.07) is 7.41. The van der Waals surface area contributed by atoms with Crippen molar-refractivity contribution in [3.63, 3.8) is 0 Å². The van der Waals surface area contributed by atoms with Crippen LogP contribution in [0.4, 0.5) is 0 Å². The number of hydrogen-bond acceptors (Lipinski definition) is 7. The molecule has 0 spiro atoms. The van der Waals surface area contributed by atoms with E-state index in [1.165, 1.54) is 6.21 Å². The van der Waals surface area contributed by atoms with Crippen molar-refractivity contribution in [2.45, 2.75) is 31.2 Å². The molecule has 3 N–H and O–H groups in total. The van der Waals surface area contributed by atoms with Gasteiger partial charge in [-0.3, -0.25) is 14.6 Å². The molecule has 0 bridgehead atoms. The summed E-state index contributed by atoms with van der Waals surface area (Å²) in [5, 5.41) is 9.59. The third kappa shape index (κ3) is 7.10. The SMILES string of the molecule is CCCCCOc1ccccc1/C=N/NC(=O)CSc1n[nH]c(=O)[nH]c1=O. The number of hydrazone groups is 1. The van der Waals surface area contributed by atoms with Gasteiger partial charge in [0.15, 0.2) is 5.03 Å². The quantitative estimate of drug-likeness (QED) is 0.242. The minimum atomic E-state index is -0.700. The molecule has 0 saturated heterocycles. The molecule has 0 aliphatic carbocycles. The second-order valence-electron chi connectivity index (χ2n) is 5.49. The molecule has 27 heavy (non-hydrogen) atoms. The van der Waals surface area contributed by atoms with Gasteiger partial charge in [0.25, 0.3) is 5.56 Å². The Morgan fingerprint density at radius 3 is 2.93 bits per heavy atom. The van der Waals surface area contributed by atoms with Gasteiger partial charge in [-0.05, 0) is 18.6 Å². The zero-order chi connectivity index (χ0) is 19.5. The van der Waals surface area contributed by atoms with Crippen molar-refractivity contribution in [2.24, 2.45) is 5.10 Å². The number of thioether (sulfide) groups is 1. The molecule has 9 nitrogen and oxygen atoms in total. The summed E-state index contributed by atoms with van der Waals surface area (Å²) in [5.74, 6) is 0.212. The number of benzene rings is 1. The van der Waals surface area contributed by atoms with Crippen LogP contribution in [0.5, 0.6) is 5.75 Å². The second kappa shape index (κ2) is 11.0. The number of amides is 1. The van der Waals surface area contributed by atoms with Crippen molar-refractivity contribution >= 4 is 23.9 Å². The van der Waals surface area contributed by atoms with Gasteiger partial charge in [0.2, 0.25) is 5.91 Å². The van der Waals surface area contributed by atoms with E-state index in [0.717, 1.165) is 36.6 Å². The summed E-state index contributed by atoms with van der Waals surface area (Å²) in [4.78, 5) is 36.2. The van der Waals surface area contributed by atoms with E-state index < -0.39 is 17.2 Å². The van der Waals surface area contributed by atoms with E-state index in [1.54, 1.807) is 0 Å². The molecule has 0 radical (unpaired) electrons. The Kier molecular flexibility index (Phi) is 8.30. The zero-order valence-electron chi connectivity index (χ0n) is 14.9. The maximum atomic E-state index is 11.8. The van der Waals surface area contributed by atoms with Gasteiger partial charge in [-0.2, -0.15) is 10.2 Å². The summed E-state index contributed by atoms with van der Waals surface area (Å²) in [6.07, 6.45) is 4.71. The summed E-state index contributed by atoms with van der Waals surface area (Å²) in [7, 11) is 0. The first kappa shape index (κ1) is 20.4. The maximum absolute atomic E-state index is 11.8. The lowest BCUT2D eigenvalue weighted by Crippen LogP contribution is -2.26. The largest absolute Gasteiger partial charge is 0.493 e. The van der Waals surface area contributed by atoms with Gasteiger partial charge in [-0.15, -0.1) is 0 Å². The van der Waals surface area contributed by atoms with E-state index >= 15 is 0 Å². The number of carbonyl (C=O) groups is 1. The lowest BCUT2D eigenvalue weighted by molar-refractivity contribution is -0.118. The molecular formula is C17H21N5O4S. The van der Waals surface area contributed by atoms with Crippen LogP contribution in [0.25, 0.3) is 0 Å². The zero-order valence-corrected chi connectivity index (χ0v) is 15.7. The van der Waals surface area contributed by atoms with Gasteiger partial charge in [-0.1, -0.05) is 43.7 Å². The first-order chi connectivity index (χ1) is 13.1. The van der Waals surface area contributed by atoms with Crippen LogP contribution < -0.4 is 21.4 Å². The van der Waals surface area contributed by atoms with Crippen molar-refractivity contribution in [2.75, 3.05) is 12.4 Å². The Balaban J connectivity index is 1.84. The predicted octanol–water partition coefficient (Wildman–Crippen LogP) is 1.27. The van der Waals surface area contributed by atoms with Crippen molar-refractivity contribution in [3.05, 3.63) is 50.7 Å². The normalized spacial score (nSPS) is 10.9. The van der Waals surface area contributed by atoms with Gasteiger partial charge < -0.3 is 4.74 Å². The minimum absolute atomic E-state index is 0.000413. The highest BCUT2D eigenvalue weighted by atomic mass is 32.2. The van der Waals surface area contributed by atoms with Crippen LogP contribution in [-0.4, -0.2) is 39.7 Å². The molecule has 0 saturated carbocycles. The Morgan fingerprint density at radius 2 is 2.15 bits per heavy atom. The van der Waals surface area contributed by atoms with Gasteiger partial charge in [0.1, 0.15) is 5.75 Å². The van der Waals surface area contributed by atoms with Crippen LogP contribution in [-0.2, 0) is 4.79 Å². The van der Waals surface area contributed by atoms with E-state index in [9.17, 15) is 14.4 Å². The number of H-pyrrole nitrogens is 2. The molecule has 2 aromatic rings. The number of aromatic nitrogens is 3. The molecule has 0 fully saturated rings. The average molecular weight is 391 g/mol. The van der Waals surface area contributed by atoms with E-state index in [0.29, 0.717) is 12.4 Å². The summed E-state index contributed by atoms with van der Waals surface area (Å²) in [5.41, 5.74) is 1.78. The lowest BCUT2D eigenvalue weighted by Gasteiger charge is -2.08. The summed E-state index contributed by atoms with van der Waals surface area (Å²) >= 11 is 0.893. The number of nitrogens with one attached hydrogen (secondary N) is 3. The van der Waals surface area contributed by atoms with Crippen LogP contribution in [0.15, 0.2) is 44.0 Å². The Bertz CT molecular complexity index is 893. The fraction of sp³-hybridized carbons (Fsp3) is 0.353. The number of carbonyl (C=O) groups excluding carboxylic acids is 1. The third-order valence-corrected chi connectivity index (χ3v) is 4.29. The fourth-order valence-corrected chi connectivity index (χ4v) is 2.65. The number of aromatic amines is 2. The molecule has 1 aromatic heterocycles. The molecule has 1 amide bonds. The molecular weight excluding hydrogens is 370 g/mol. The van der Waals surface area contributed by atoms with Gasteiger partial charge in [-0.25, -0.2) is 15.3 Å². The van der Waals surface area contributed by atoms with Crippen molar-refractivity contribution < 1.29 is 9.53 Å². The van der Waals surface area contributed by atoms with Crippen molar-refractivity contribution in [3.8, 4) is 5.75 Å². The molecule has 0 aliphatic rings. The lowest BCUT2D eigenvalue weighted by atomic mass is 10.2. The molecule has 1 aromatic carbocycles. The summed E-state index contributed by atoms with van der Waals surface area (Å²) in [6.45, 7) is 2.76. The fourth-order valence-electron chi connectivity index (χ4n) is 2.03. The molecule has 10 heteroatoms. The monoisotopic (exact) mass is 391 g/mol. The predicted molar refractivity (Wildman–Crippen MR) is 103 cm³/mol.